The number of aromatic nitrogens is 3. The van der Waals surface area contributed by atoms with E-state index in [-0.39, 0.29) is 11.3 Å². The van der Waals surface area contributed by atoms with Gasteiger partial charge in [0, 0.05) is 23.2 Å². The molecule has 3 N–H and O–H groups in total. The zero-order valence-corrected chi connectivity index (χ0v) is 17.9. The molecule has 2 aromatic heterocycles. The molecule has 0 bridgehead atoms. The predicted molar refractivity (Wildman–Crippen MR) is 125 cm³/mol. The maximum atomic E-state index is 12.8. The first-order valence-corrected chi connectivity index (χ1v) is 10.2. The number of fused-ring (bicyclic) bond motifs is 1. The molecular formula is C25H25N5O. The number of nitrogens with one attached hydrogen (secondary N) is 3. The summed E-state index contributed by atoms with van der Waals surface area (Å²) in [6.45, 7) is 6.37. The molecule has 31 heavy (non-hydrogen) atoms. The monoisotopic (exact) mass is 411 g/mol. The molecule has 6 nitrogen and oxygen atoms in total. The number of aromatic amines is 1. The molecule has 0 aliphatic heterocycles. The van der Waals surface area contributed by atoms with Gasteiger partial charge in [-0.2, -0.15) is 0 Å². The van der Waals surface area contributed by atoms with Gasteiger partial charge in [-0.15, -0.1) is 0 Å². The Balaban J connectivity index is 1.65. The summed E-state index contributed by atoms with van der Waals surface area (Å²) in [5, 5.41) is 11.3. The molecule has 0 saturated carbocycles. The van der Waals surface area contributed by atoms with Crippen LogP contribution in [-0.4, -0.2) is 26.6 Å². The van der Waals surface area contributed by atoms with Crippen LogP contribution in [0.3, 0.4) is 0 Å². The molecule has 0 fully saturated rings. The molecule has 0 spiro atoms. The Bertz CT molecular complexity index is 1250. The first-order chi connectivity index (χ1) is 14.8. The van der Waals surface area contributed by atoms with Crippen molar-refractivity contribution in [2.24, 2.45) is 5.41 Å². The predicted octanol–water partition coefficient (Wildman–Crippen LogP) is 5.68. The smallest absolute Gasteiger partial charge is 0.259 e. The van der Waals surface area contributed by atoms with E-state index in [1.165, 1.54) is 0 Å². The van der Waals surface area contributed by atoms with Crippen LogP contribution < -0.4 is 5.32 Å². The lowest BCUT2D eigenvalue weighted by Crippen LogP contribution is -2.13. The van der Waals surface area contributed by atoms with Gasteiger partial charge in [0.15, 0.2) is 5.65 Å². The van der Waals surface area contributed by atoms with Gasteiger partial charge in [0.1, 0.15) is 5.52 Å². The largest absolute Gasteiger partial charge is 0.344 e. The lowest BCUT2D eigenvalue weighted by atomic mass is 9.87. The van der Waals surface area contributed by atoms with Crippen LogP contribution in [0.15, 0.2) is 67.0 Å². The van der Waals surface area contributed by atoms with E-state index in [0.29, 0.717) is 34.6 Å². The van der Waals surface area contributed by atoms with E-state index >= 15 is 0 Å². The fraction of sp³-hybridized carbons (Fsp3) is 0.200. The Kier molecular flexibility index (Phi) is 5.38. The van der Waals surface area contributed by atoms with Crippen LogP contribution in [0.5, 0.6) is 0 Å². The highest BCUT2D eigenvalue weighted by Gasteiger charge is 2.17. The maximum Gasteiger partial charge on any atom is 0.259 e. The van der Waals surface area contributed by atoms with Gasteiger partial charge in [0.25, 0.3) is 5.91 Å². The van der Waals surface area contributed by atoms with Crippen LogP contribution in [0.2, 0.25) is 0 Å². The van der Waals surface area contributed by atoms with Crippen LogP contribution in [0.1, 0.15) is 43.1 Å². The van der Waals surface area contributed by atoms with Crippen molar-refractivity contribution in [2.75, 3.05) is 5.32 Å². The molecule has 2 aromatic carbocycles. The van der Waals surface area contributed by atoms with E-state index in [4.69, 9.17) is 10.4 Å². The summed E-state index contributed by atoms with van der Waals surface area (Å²) >= 11 is 0. The summed E-state index contributed by atoms with van der Waals surface area (Å²) in [6.07, 6.45) is 4.00. The van der Waals surface area contributed by atoms with E-state index < -0.39 is 0 Å². The number of para-hydroxylation sites is 1. The minimum absolute atomic E-state index is 0.0396. The highest BCUT2D eigenvalue weighted by Crippen LogP contribution is 2.25. The third-order valence-electron chi connectivity index (χ3n) is 4.87. The first-order valence-electron chi connectivity index (χ1n) is 10.2. The van der Waals surface area contributed by atoms with Gasteiger partial charge in [-0.05, 0) is 35.6 Å². The second-order valence-corrected chi connectivity index (χ2v) is 8.77. The Morgan fingerprint density at radius 1 is 1.10 bits per heavy atom. The van der Waals surface area contributed by atoms with Gasteiger partial charge in [0.2, 0.25) is 0 Å². The van der Waals surface area contributed by atoms with Crippen molar-refractivity contribution < 1.29 is 4.79 Å². The summed E-state index contributed by atoms with van der Waals surface area (Å²) in [5.41, 5.74) is 5.24. The Morgan fingerprint density at radius 2 is 1.87 bits per heavy atom. The van der Waals surface area contributed by atoms with Crippen molar-refractivity contribution in [1.29, 1.82) is 5.41 Å². The highest BCUT2D eigenvalue weighted by atomic mass is 16.1. The first kappa shape index (κ1) is 20.5. The summed E-state index contributed by atoms with van der Waals surface area (Å²) in [6, 6.07) is 17.1. The van der Waals surface area contributed by atoms with Crippen molar-refractivity contribution in [3.63, 3.8) is 0 Å². The zero-order chi connectivity index (χ0) is 22.0. The fourth-order valence-electron chi connectivity index (χ4n) is 3.42. The second-order valence-electron chi connectivity index (χ2n) is 8.77. The highest BCUT2D eigenvalue weighted by molar-refractivity contribution is 6.11. The van der Waals surface area contributed by atoms with Crippen molar-refractivity contribution in [1.82, 2.24) is 15.0 Å². The van der Waals surface area contributed by atoms with E-state index in [1.807, 2.05) is 54.6 Å². The van der Waals surface area contributed by atoms with Gasteiger partial charge in [0.05, 0.1) is 17.5 Å². The Labute approximate surface area is 181 Å². The number of H-pyrrole nitrogens is 1. The normalized spacial score (nSPS) is 11.5. The zero-order valence-electron chi connectivity index (χ0n) is 17.9. The molecule has 0 aliphatic rings. The fourth-order valence-corrected chi connectivity index (χ4v) is 3.42. The Morgan fingerprint density at radius 3 is 2.61 bits per heavy atom. The summed E-state index contributed by atoms with van der Waals surface area (Å²) < 4.78 is 0. The minimum atomic E-state index is -0.246. The van der Waals surface area contributed by atoms with Gasteiger partial charge in [-0.1, -0.05) is 57.2 Å². The quantitative estimate of drug-likeness (QED) is 0.369. The van der Waals surface area contributed by atoms with Crippen LogP contribution in [-0.2, 0) is 0 Å². The van der Waals surface area contributed by atoms with Crippen LogP contribution in [0.25, 0.3) is 22.4 Å². The van der Waals surface area contributed by atoms with E-state index in [2.05, 4.69) is 36.1 Å². The molecular weight excluding hydrogens is 386 g/mol. The number of hydrogen-bond acceptors (Lipinski definition) is 4. The van der Waals surface area contributed by atoms with E-state index in [9.17, 15) is 4.79 Å². The average molecular weight is 412 g/mol. The van der Waals surface area contributed by atoms with Crippen molar-refractivity contribution in [3.05, 3.63) is 78.1 Å². The molecule has 1 amide bonds. The third kappa shape index (κ3) is 4.69. The molecule has 4 aromatic rings. The topological polar surface area (TPSA) is 94.5 Å². The molecule has 0 saturated heterocycles. The summed E-state index contributed by atoms with van der Waals surface area (Å²) in [4.78, 5) is 25.0. The molecule has 2 heterocycles. The Hall–Kier alpha value is -3.80. The van der Waals surface area contributed by atoms with E-state index in [1.54, 1.807) is 12.4 Å². The third-order valence-corrected chi connectivity index (χ3v) is 4.87. The van der Waals surface area contributed by atoms with Crippen molar-refractivity contribution in [2.45, 2.75) is 27.2 Å². The molecule has 156 valence electrons. The molecule has 6 heteroatoms. The number of hydrogen-bond donors (Lipinski definition) is 3. The van der Waals surface area contributed by atoms with Crippen LogP contribution in [0, 0.1) is 10.8 Å². The number of amides is 1. The minimum Gasteiger partial charge on any atom is -0.344 e. The van der Waals surface area contributed by atoms with Gasteiger partial charge in [-0.3, -0.25) is 4.79 Å². The van der Waals surface area contributed by atoms with Crippen molar-refractivity contribution in [3.8, 4) is 11.3 Å². The molecule has 0 atom stereocenters. The number of benzene rings is 2. The number of rotatable bonds is 5. The average Bonchev–Trinajstić information content (AvgIpc) is 3.17. The molecule has 0 unspecified atom stereocenters. The number of nitrogens with zero attached hydrogens (tertiary/aromatic N) is 2. The summed E-state index contributed by atoms with van der Waals surface area (Å²) in [5.74, 6) is -0.246. The van der Waals surface area contributed by atoms with Gasteiger partial charge < -0.3 is 15.7 Å². The summed E-state index contributed by atoms with van der Waals surface area (Å²) in [7, 11) is 0. The maximum absolute atomic E-state index is 12.8. The molecule has 0 radical (unpaired) electrons. The number of carbonyl (C=O) groups excluding carboxylic acids is 1. The van der Waals surface area contributed by atoms with Crippen molar-refractivity contribution >= 4 is 28.5 Å². The van der Waals surface area contributed by atoms with Crippen LogP contribution in [0.4, 0.5) is 5.69 Å². The number of carbonyl (C=O) groups is 1. The molecule has 0 aliphatic carbocycles. The standard InChI is InChI=1S/C25H25N5O/c1-25(2,3)13-20(26)16-8-7-9-17(12-16)21-15-28-23-22(30-21)19(14-27-23)24(31)29-18-10-5-4-6-11-18/h4-12,14-15,26H,13H2,1-3H3,(H,27,28)(H,29,31). The van der Waals surface area contributed by atoms with Gasteiger partial charge in [-0.25, -0.2) is 9.97 Å². The van der Waals surface area contributed by atoms with Gasteiger partial charge >= 0.3 is 0 Å². The van der Waals surface area contributed by atoms with E-state index in [0.717, 1.165) is 16.8 Å². The second kappa shape index (κ2) is 8.14. The molecule has 4 rings (SSSR count). The lowest BCUT2D eigenvalue weighted by molar-refractivity contribution is 0.102. The number of anilines is 1. The SMILES string of the molecule is CC(C)(C)CC(=N)c1cccc(-c2cnc3[nH]cc(C(=O)Nc4ccccc4)c3n2)c1. The lowest BCUT2D eigenvalue weighted by Gasteiger charge is -2.18. The van der Waals surface area contributed by atoms with Crippen LogP contribution >= 0.6 is 0 Å².